The maximum Gasteiger partial charge on any atom is 0.286 e. The first kappa shape index (κ1) is 21.8. The number of nitrogens with one attached hydrogen (secondary N) is 1. The maximum atomic E-state index is 13.0. The van der Waals surface area contributed by atoms with Gasteiger partial charge in [-0.05, 0) is 47.7 Å². The Labute approximate surface area is 193 Å². The fourth-order valence-corrected chi connectivity index (χ4v) is 4.55. The zero-order chi connectivity index (χ0) is 22.6. The van der Waals surface area contributed by atoms with E-state index in [1.807, 2.05) is 48.5 Å². The number of aliphatic hydroxyl groups is 1. The van der Waals surface area contributed by atoms with Crippen LogP contribution in [-0.4, -0.2) is 30.1 Å². The molecule has 33 heavy (non-hydrogen) atoms. The van der Waals surface area contributed by atoms with Crippen molar-refractivity contribution in [2.45, 2.75) is 63.6 Å². The topological polar surface area (TPSA) is 86.3 Å². The molecule has 0 spiro atoms. The Kier molecular flexibility index (Phi) is 6.51. The summed E-state index contributed by atoms with van der Waals surface area (Å²) in [5.74, 6) is 1.50. The van der Waals surface area contributed by atoms with Crippen molar-refractivity contribution in [3.63, 3.8) is 0 Å². The molecule has 0 saturated heterocycles. The quantitative estimate of drug-likeness (QED) is 0.664. The molecule has 1 fully saturated rings. The number of ether oxygens (including phenoxy) is 4. The fraction of sp³-hybridized carbons (Fsp3) is 0.423. The monoisotopic (exact) mass is 451 g/mol. The first-order valence-electron chi connectivity index (χ1n) is 11.6. The summed E-state index contributed by atoms with van der Waals surface area (Å²) in [7, 11) is 0. The van der Waals surface area contributed by atoms with Crippen molar-refractivity contribution in [2.24, 2.45) is 0 Å². The predicted molar refractivity (Wildman–Crippen MR) is 120 cm³/mol. The van der Waals surface area contributed by atoms with Gasteiger partial charge in [0.2, 0.25) is 13.1 Å². The standard InChI is InChI=1S/C26H29NO6/c28-14-17-5-7-18(8-6-17)15-30-25-13-20(19-9-10-22-23(11-19)32-16-31-22)12-24(33-25)26(29)27-21-3-1-2-4-21/h5-12,20-21,25,28H,1-4,13-16H2,(H,27,29)/t20-,25+/m0/s1. The molecule has 2 heterocycles. The molecule has 174 valence electrons. The highest BCUT2D eigenvalue weighted by molar-refractivity contribution is 5.92. The van der Waals surface area contributed by atoms with Crippen LogP contribution in [-0.2, 0) is 27.5 Å². The molecular weight excluding hydrogens is 422 g/mol. The molecule has 2 N–H and O–H groups in total. The number of rotatable bonds is 7. The van der Waals surface area contributed by atoms with Crippen LogP contribution in [0.5, 0.6) is 11.5 Å². The van der Waals surface area contributed by atoms with E-state index in [0.29, 0.717) is 24.5 Å². The number of aliphatic hydroxyl groups excluding tert-OH is 1. The largest absolute Gasteiger partial charge is 0.459 e. The maximum absolute atomic E-state index is 13.0. The summed E-state index contributed by atoms with van der Waals surface area (Å²) in [6.07, 6.45) is 6.21. The summed E-state index contributed by atoms with van der Waals surface area (Å²) in [4.78, 5) is 13.0. The highest BCUT2D eigenvalue weighted by Gasteiger charge is 2.31. The lowest BCUT2D eigenvalue weighted by Crippen LogP contribution is -2.37. The van der Waals surface area contributed by atoms with Crippen molar-refractivity contribution in [2.75, 3.05) is 6.79 Å². The van der Waals surface area contributed by atoms with Gasteiger partial charge in [0.15, 0.2) is 17.3 Å². The van der Waals surface area contributed by atoms with Crippen LogP contribution in [0.3, 0.4) is 0 Å². The molecule has 3 aliphatic rings. The highest BCUT2D eigenvalue weighted by atomic mass is 16.7. The highest BCUT2D eigenvalue weighted by Crippen LogP contribution is 2.38. The van der Waals surface area contributed by atoms with Gasteiger partial charge < -0.3 is 29.4 Å². The van der Waals surface area contributed by atoms with E-state index in [-0.39, 0.29) is 31.3 Å². The second kappa shape index (κ2) is 9.85. The predicted octanol–water partition coefficient (Wildman–Crippen LogP) is 3.90. The number of fused-ring (bicyclic) bond motifs is 1. The minimum absolute atomic E-state index is 0.00828. The third-order valence-electron chi connectivity index (χ3n) is 6.44. The van der Waals surface area contributed by atoms with E-state index in [0.717, 1.165) is 48.1 Å². The Morgan fingerprint density at radius 2 is 1.79 bits per heavy atom. The first-order chi connectivity index (χ1) is 16.2. The molecule has 0 bridgehead atoms. The molecule has 1 saturated carbocycles. The molecule has 0 radical (unpaired) electrons. The molecule has 7 heteroatoms. The van der Waals surface area contributed by atoms with E-state index < -0.39 is 6.29 Å². The summed E-state index contributed by atoms with van der Waals surface area (Å²) in [6.45, 7) is 0.578. The van der Waals surface area contributed by atoms with Crippen molar-refractivity contribution in [3.05, 3.63) is 71.0 Å². The second-order valence-electron chi connectivity index (χ2n) is 8.77. The SMILES string of the molecule is O=C(NC1CCCC1)C1=C[C@H](c2ccc3c(c2)OCO3)C[C@H](OCc2ccc(CO)cc2)O1. The van der Waals surface area contributed by atoms with E-state index in [4.69, 9.17) is 18.9 Å². The summed E-state index contributed by atoms with van der Waals surface area (Å²) in [5.41, 5.74) is 2.85. The zero-order valence-electron chi connectivity index (χ0n) is 18.5. The van der Waals surface area contributed by atoms with Gasteiger partial charge in [-0.3, -0.25) is 4.79 Å². The molecule has 5 rings (SSSR count). The van der Waals surface area contributed by atoms with Crippen molar-refractivity contribution in [3.8, 4) is 11.5 Å². The summed E-state index contributed by atoms with van der Waals surface area (Å²) < 4.78 is 23.1. The third kappa shape index (κ3) is 5.15. The third-order valence-corrected chi connectivity index (χ3v) is 6.44. The van der Waals surface area contributed by atoms with E-state index >= 15 is 0 Å². The van der Waals surface area contributed by atoms with Gasteiger partial charge in [-0.1, -0.05) is 43.2 Å². The zero-order valence-corrected chi connectivity index (χ0v) is 18.5. The molecule has 0 unspecified atom stereocenters. The van der Waals surface area contributed by atoms with Crippen molar-refractivity contribution in [1.82, 2.24) is 5.32 Å². The fourth-order valence-electron chi connectivity index (χ4n) is 4.55. The van der Waals surface area contributed by atoms with Gasteiger partial charge in [-0.25, -0.2) is 0 Å². The number of carbonyl (C=O) groups excluding carboxylic acids is 1. The molecule has 2 aromatic carbocycles. The van der Waals surface area contributed by atoms with Gasteiger partial charge in [-0.2, -0.15) is 0 Å². The van der Waals surface area contributed by atoms with Crippen LogP contribution in [0.1, 0.15) is 54.7 Å². The van der Waals surface area contributed by atoms with Gasteiger partial charge in [0.05, 0.1) is 13.2 Å². The number of amides is 1. The Bertz CT molecular complexity index is 1010. The lowest BCUT2D eigenvalue weighted by atomic mass is 9.92. The number of hydrogen-bond acceptors (Lipinski definition) is 6. The normalized spacial score (nSPS) is 22.0. The lowest BCUT2D eigenvalue weighted by Gasteiger charge is -2.30. The average molecular weight is 452 g/mol. The van der Waals surface area contributed by atoms with Crippen LogP contribution >= 0.6 is 0 Å². The van der Waals surface area contributed by atoms with Gasteiger partial charge in [0, 0.05) is 18.4 Å². The Balaban J connectivity index is 1.32. The van der Waals surface area contributed by atoms with Crippen LogP contribution in [0.15, 0.2) is 54.3 Å². The molecule has 2 aliphatic heterocycles. The van der Waals surface area contributed by atoms with Crippen LogP contribution in [0.2, 0.25) is 0 Å². The first-order valence-corrected chi connectivity index (χ1v) is 11.6. The van der Waals surface area contributed by atoms with E-state index in [2.05, 4.69) is 5.32 Å². The van der Waals surface area contributed by atoms with Crippen molar-refractivity contribution < 1.29 is 28.8 Å². The summed E-state index contributed by atoms with van der Waals surface area (Å²) in [5, 5.41) is 12.3. The average Bonchev–Trinajstić information content (AvgIpc) is 3.54. The molecule has 1 aliphatic carbocycles. The number of carbonyl (C=O) groups is 1. The molecule has 1 amide bonds. The molecule has 0 aromatic heterocycles. The van der Waals surface area contributed by atoms with Crippen LogP contribution < -0.4 is 14.8 Å². The van der Waals surface area contributed by atoms with Gasteiger partial charge in [0.25, 0.3) is 5.91 Å². The Hall–Kier alpha value is -3.03. The van der Waals surface area contributed by atoms with E-state index in [1.54, 1.807) is 0 Å². The van der Waals surface area contributed by atoms with Gasteiger partial charge in [-0.15, -0.1) is 0 Å². The summed E-state index contributed by atoms with van der Waals surface area (Å²) in [6, 6.07) is 13.7. The van der Waals surface area contributed by atoms with Crippen molar-refractivity contribution >= 4 is 5.91 Å². The lowest BCUT2D eigenvalue weighted by molar-refractivity contribution is -0.150. The minimum Gasteiger partial charge on any atom is -0.459 e. The van der Waals surface area contributed by atoms with Crippen LogP contribution in [0, 0.1) is 0 Å². The minimum atomic E-state index is -0.563. The van der Waals surface area contributed by atoms with Gasteiger partial charge in [0.1, 0.15) is 0 Å². The summed E-state index contributed by atoms with van der Waals surface area (Å²) >= 11 is 0. The second-order valence-corrected chi connectivity index (χ2v) is 8.77. The Morgan fingerprint density at radius 3 is 2.58 bits per heavy atom. The van der Waals surface area contributed by atoms with Crippen molar-refractivity contribution in [1.29, 1.82) is 0 Å². The van der Waals surface area contributed by atoms with Crippen LogP contribution in [0.4, 0.5) is 0 Å². The smallest absolute Gasteiger partial charge is 0.286 e. The number of hydrogen-bond donors (Lipinski definition) is 2. The number of allylic oxidation sites excluding steroid dienone is 1. The molecule has 2 atom stereocenters. The molecular formula is C26H29NO6. The van der Waals surface area contributed by atoms with E-state index in [1.165, 1.54) is 0 Å². The van der Waals surface area contributed by atoms with Crippen LogP contribution in [0.25, 0.3) is 0 Å². The van der Waals surface area contributed by atoms with E-state index in [9.17, 15) is 9.90 Å². The number of benzene rings is 2. The van der Waals surface area contributed by atoms with Gasteiger partial charge >= 0.3 is 0 Å². The Morgan fingerprint density at radius 1 is 1.03 bits per heavy atom. The molecule has 2 aromatic rings. The molecule has 7 nitrogen and oxygen atoms in total.